The van der Waals surface area contributed by atoms with Gasteiger partial charge in [0.1, 0.15) is 0 Å². The summed E-state index contributed by atoms with van der Waals surface area (Å²) in [6.07, 6.45) is 0.0909. The normalized spacial score (nSPS) is 14.0. The summed E-state index contributed by atoms with van der Waals surface area (Å²) in [5, 5.41) is 0. The third-order valence-corrected chi connectivity index (χ3v) is 3.80. The summed E-state index contributed by atoms with van der Waals surface area (Å²) < 4.78 is 31.7. The van der Waals surface area contributed by atoms with Crippen LogP contribution < -0.4 is 0 Å². The summed E-state index contributed by atoms with van der Waals surface area (Å²) in [6, 6.07) is 3.78. The van der Waals surface area contributed by atoms with E-state index in [0.29, 0.717) is 25.3 Å². The first kappa shape index (κ1) is 17.6. The van der Waals surface area contributed by atoms with Crippen LogP contribution in [0, 0.1) is 11.6 Å². The van der Waals surface area contributed by atoms with E-state index in [2.05, 4.69) is 0 Å². The Hall–Kier alpha value is -1.49. The second kappa shape index (κ2) is 7.50. The van der Waals surface area contributed by atoms with Gasteiger partial charge in [-0.2, -0.15) is 0 Å². The van der Waals surface area contributed by atoms with Crippen molar-refractivity contribution in [1.29, 1.82) is 0 Å². The van der Waals surface area contributed by atoms with Crippen molar-refractivity contribution in [3.63, 3.8) is 0 Å². The first-order valence-electron chi connectivity index (χ1n) is 7.25. The van der Waals surface area contributed by atoms with Crippen LogP contribution >= 0.6 is 0 Å². The minimum atomic E-state index is -0.908. The fourth-order valence-electron chi connectivity index (χ4n) is 2.64. The molecule has 5 heteroatoms. The summed E-state index contributed by atoms with van der Waals surface area (Å²) in [5.41, 5.74) is -0.164. The van der Waals surface area contributed by atoms with Crippen molar-refractivity contribution >= 4 is 5.97 Å². The van der Waals surface area contributed by atoms with E-state index in [-0.39, 0.29) is 12.4 Å². The van der Waals surface area contributed by atoms with Crippen LogP contribution in [0.1, 0.15) is 39.7 Å². The molecule has 0 N–H and O–H groups in total. The van der Waals surface area contributed by atoms with E-state index in [4.69, 9.17) is 4.74 Å². The number of ether oxygens (including phenoxy) is 1. The molecule has 3 nitrogen and oxygen atoms in total. The van der Waals surface area contributed by atoms with Gasteiger partial charge in [-0.15, -0.1) is 0 Å². The average Bonchev–Trinajstić information content (AvgIpc) is 2.43. The lowest BCUT2D eigenvalue weighted by Gasteiger charge is -2.40. The summed E-state index contributed by atoms with van der Waals surface area (Å²) in [4.78, 5) is 13.9. The number of rotatable bonds is 7. The van der Waals surface area contributed by atoms with Crippen molar-refractivity contribution in [2.75, 3.05) is 19.7 Å². The molecule has 0 fully saturated rings. The lowest BCUT2D eigenvalue weighted by Crippen LogP contribution is -2.45. The molecule has 0 aliphatic rings. The van der Waals surface area contributed by atoms with Crippen molar-refractivity contribution in [3.05, 3.63) is 35.4 Å². The highest BCUT2D eigenvalue weighted by Gasteiger charge is 2.35. The van der Waals surface area contributed by atoms with Crippen LogP contribution in [-0.2, 0) is 15.1 Å². The predicted molar refractivity (Wildman–Crippen MR) is 77.9 cm³/mol. The fourth-order valence-corrected chi connectivity index (χ4v) is 2.64. The molecule has 0 saturated heterocycles. The highest BCUT2D eigenvalue weighted by atomic mass is 19.2. The molecule has 0 saturated carbocycles. The molecular formula is C16H23F2NO2. The van der Waals surface area contributed by atoms with Gasteiger partial charge in [0.05, 0.1) is 18.6 Å². The SMILES string of the molecule is CCOC(=O)CC(C)(c1ccc(F)c(F)c1)N(CC)CC. The molecule has 0 spiro atoms. The van der Waals surface area contributed by atoms with Crippen molar-refractivity contribution in [1.82, 2.24) is 4.90 Å². The van der Waals surface area contributed by atoms with Crippen molar-refractivity contribution in [3.8, 4) is 0 Å². The lowest BCUT2D eigenvalue weighted by molar-refractivity contribution is -0.146. The number of hydrogen-bond acceptors (Lipinski definition) is 3. The quantitative estimate of drug-likeness (QED) is 0.722. The van der Waals surface area contributed by atoms with Gasteiger partial charge < -0.3 is 4.74 Å². The van der Waals surface area contributed by atoms with Crippen molar-refractivity contribution in [2.24, 2.45) is 0 Å². The van der Waals surface area contributed by atoms with Gasteiger partial charge in [0.25, 0.3) is 0 Å². The number of halogens is 2. The largest absolute Gasteiger partial charge is 0.466 e. The van der Waals surface area contributed by atoms with E-state index in [1.54, 1.807) is 6.92 Å². The molecule has 0 aliphatic heterocycles. The van der Waals surface area contributed by atoms with E-state index in [9.17, 15) is 13.6 Å². The zero-order chi connectivity index (χ0) is 16.0. The summed E-state index contributed by atoms with van der Waals surface area (Å²) in [6.45, 7) is 9.19. The average molecular weight is 299 g/mol. The highest BCUT2D eigenvalue weighted by Crippen LogP contribution is 2.33. The lowest BCUT2D eigenvalue weighted by atomic mass is 9.86. The first-order chi connectivity index (χ1) is 9.88. The number of benzene rings is 1. The maximum atomic E-state index is 13.6. The molecule has 0 aromatic heterocycles. The molecule has 0 radical (unpaired) electrons. The van der Waals surface area contributed by atoms with E-state index >= 15 is 0 Å². The molecule has 0 amide bonds. The van der Waals surface area contributed by atoms with E-state index in [1.807, 2.05) is 25.7 Å². The Morgan fingerprint density at radius 2 is 1.81 bits per heavy atom. The summed E-state index contributed by atoms with van der Waals surface area (Å²) >= 11 is 0. The summed E-state index contributed by atoms with van der Waals surface area (Å²) in [5.74, 6) is -2.15. The monoisotopic (exact) mass is 299 g/mol. The molecule has 1 rings (SSSR count). The van der Waals surface area contributed by atoms with E-state index in [1.165, 1.54) is 6.07 Å². The van der Waals surface area contributed by atoms with Gasteiger partial charge in [-0.05, 0) is 44.6 Å². The van der Waals surface area contributed by atoms with Crippen LogP contribution in [0.2, 0.25) is 0 Å². The zero-order valence-electron chi connectivity index (χ0n) is 13.1. The Bertz CT molecular complexity index is 489. The Balaban J connectivity index is 3.22. The maximum Gasteiger partial charge on any atom is 0.307 e. The number of hydrogen-bond donors (Lipinski definition) is 0. The van der Waals surface area contributed by atoms with Crippen LogP contribution in [-0.4, -0.2) is 30.6 Å². The molecule has 21 heavy (non-hydrogen) atoms. The Morgan fingerprint density at radius 3 is 2.29 bits per heavy atom. The van der Waals surface area contributed by atoms with E-state index < -0.39 is 17.2 Å². The Morgan fingerprint density at radius 1 is 1.19 bits per heavy atom. The number of carbonyl (C=O) groups excluding carboxylic acids is 1. The number of esters is 1. The molecule has 118 valence electrons. The minimum Gasteiger partial charge on any atom is -0.466 e. The molecule has 0 bridgehead atoms. The second-order valence-corrected chi connectivity index (χ2v) is 5.06. The predicted octanol–water partition coefficient (Wildman–Crippen LogP) is 3.48. The van der Waals surface area contributed by atoms with E-state index in [0.717, 1.165) is 12.1 Å². The van der Waals surface area contributed by atoms with Crippen molar-refractivity contribution < 1.29 is 18.3 Å². The first-order valence-corrected chi connectivity index (χ1v) is 7.25. The van der Waals surface area contributed by atoms with Gasteiger partial charge in [0.2, 0.25) is 0 Å². The fraction of sp³-hybridized carbons (Fsp3) is 0.562. The number of carbonyl (C=O) groups is 1. The van der Waals surface area contributed by atoms with Gasteiger partial charge in [-0.1, -0.05) is 19.9 Å². The molecule has 1 unspecified atom stereocenters. The van der Waals surface area contributed by atoms with Crippen LogP contribution in [0.15, 0.2) is 18.2 Å². The molecule has 1 aromatic rings. The van der Waals surface area contributed by atoms with Crippen molar-refractivity contribution in [2.45, 2.75) is 39.7 Å². The molecule has 1 aromatic carbocycles. The van der Waals surface area contributed by atoms with Crippen LogP contribution in [0.3, 0.4) is 0 Å². The standard InChI is InChI=1S/C16H23F2NO2/c1-5-19(6-2)16(4,11-15(20)21-7-3)12-8-9-13(17)14(18)10-12/h8-10H,5-7,11H2,1-4H3. The smallest absolute Gasteiger partial charge is 0.307 e. The van der Waals surface area contributed by atoms with Gasteiger partial charge in [0, 0.05) is 0 Å². The van der Waals surface area contributed by atoms with Gasteiger partial charge >= 0.3 is 5.97 Å². The van der Waals surface area contributed by atoms with Gasteiger partial charge in [-0.3, -0.25) is 9.69 Å². The Kier molecular flexibility index (Phi) is 6.27. The molecule has 0 heterocycles. The van der Waals surface area contributed by atoms with Crippen LogP contribution in [0.25, 0.3) is 0 Å². The topological polar surface area (TPSA) is 29.5 Å². The Labute approximate surface area is 124 Å². The third kappa shape index (κ3) is 4.00. The third-order valence-electron chi connectivity index (χ3n) is 3.80. The summed E-state index contributed by atoms with van der Waals surface area (Å²) in [7, 11) is 0. The highest BCUT2D eigenvalue weighted by molar-refractivity contribution is 5.71. The number of nitrogens with zero attached hydrogens (tertiary/aromatic N) is 1. The second-order valence-electron chi connectivity index (χ2n) is 5.06. The molecular weight excluding hydrogens is 276 g/mol. The van der Waals surface area contributed by atoms with Gasteiger partial charge in [0.15, 0.2) is 11.6 Å². The molecule has 1 atom stereocenters. The van der Waals surface area contributed by atoms with Crippen LogP contribution in [0.4, 0.5) is 8.78 Å². The molecule has 0 aliphatic carbocycles. The van der Waals surface area contributed by atoms with Crippen LogP contribution in [0.5, 0.6) is 0 Å². The maximum absolute atomic E-state index is 13.6. The minimum absolute atomic E-state index is 0.0909. The zero-order valence-corrected chi connectivity index (χ0v) is 13.1. The van der Waals surface area contributed by atoms with Gasteiger partial charge in [-0.25, -0.2) is 8.78 Å².